The average molecular weight is 869 g/mol. The van der Waals surface area contributed by atoms with E-state index in [0.717, 1.165) is 40.8 Å². The summed E-state index contributed by atoms with van der Waals surface area (Å²) in [5.74, 6) is 0. The summed E-state index contributed by atoms with van der Waals surface area (Å²) in [5, 5.41) is 1.14. The van der Waals surface area contributed by atoms with E-state index in [9.17, 15) is 0 Å². The first-order chi connectivity index (χ1) is 31.0. The molecule has 3 heterocycles. The summed E-state index contributed by atoms with van der Waals surface area (Å²) in [6.07, 6.45) is 4.67. The van der Waals surface area contributed by atoms with Crippen molar-refractivity contribution in [2.45, 2.75) is 155 Å². The number of furan rings is 1. The van der Waals surface area contributed by atoms with Gasteiger partial charge < -0.3 is 14.2 Å². The van der Waals surface area contributed by atoms with Gasteiger partial charge in [-0.3, -0.25) is 0 Å². The molecule has 0 radical (unpaired) electrons. The van der Waals surface area contributed by atoms with Gasteiger partial charge in [0.2, 0.25) is 0 Å². The van der Waals surface area contributed by atoms with Gasteiger partial charge in [-0.25, -0.2) is 0 Å². The lowest BCUT2D eigenvalue weighted by atomic mass is 9.35. The molecule has 2 aliphatic heterocycles. The van der Waals surface area contributed by atoms with Gasteiger partial charge in [0.15, 0.2) is 0 Å². The fourth-order valence-corrected chi connectivity index (χ4v) is 12.2. The smallest absolute Gasteiger partial charge is 0.297 e. The molecule has 7 aromatic rings. The highest BCUT2D eigenvalue weighted by Gasteiger charge is 2.50. The number of benzene rings is 6. The standard InChI is InChI=1S/C62H69BN2O/c1-57(2,3)39-24-27-49(43(32-39)38-20-16-15-17-21-38)65-52-34-40(58(4,5)6)33-51-54(52)63(56-55(65)42-22-18-19-23-53(42)66-56)48-36-46-47(62(13,14)31-30-61(46,11)12)37-50(48)64(51)41-25-26-44-45(35-41)60(9,10)29-28-59(44,7)8/h15-27,32-37H,28-31H2,1-14H3. The van der Waals surface area contributed by atoms with Gasteiger partial charge in [0.25, 0.3) is 6.71 Å². The quantitative estimate of drug-likeness (QED) is 0.165. The highest BCUT2D eigenvalue weighted by molar-refractivity contribution is 7.00. The van der Waals surface area contributed by atoms with Crippen LogP contribution in [0, 0.1) is 0 Å². The number of anilines is 6. The Morgan fingerprint density at radius 3 is 1.68 bits per heavy atom. The molecule has 4 aliphatic rings. The summed E-state index contributed by atoms with van der Waals surface area (Å²) < 4.78 is 7.41. The maximum absolute atomic E-state index is 7.41. The lowest BCUT2D eigenvalue weighted by molar-refractivity contribution is 0.332. The number of rotatable bonds is 3. The van der Waals surface area contributed by atoms with E-state index >= 15 is 0 Å². The molecule has 66 heavy (non-hydrogen) atoms. The second-order valence-corrected chi connectivity index (χ2v) is 25.2. The molecule has 0 amide bonds. The van der Waals surface area contributed by atoms with E-state index in [-0.39, 0.29) is 39.2 Å². The minimum absolute atomic E-state index is 0.0295. The van der Waals surface area contributed by atoms with Crippen molar-refractivity contribution in [3.8, 4) is 11.1 Å². The summed E-state index contributed by atoms with van der Waals surface area (Å²) in [6, 6.07) is 44.9. The van der Waals surface area contributed by atoms with Crippen LogP contribution < -0.4 is 26.4 Å². The third-order valence-electron chi connectivity index (χ3n) is 16.7. The first-order valence-corrected chi connectivity index (χ1v) is 24.8. The second kappa shape index (κ2) is 14.0. The minimum atomic E-state index is -0.139. The molecule has 0 saturated carbocycles. The molecular formula is C62H69BN2O. The van der Waals surface area contributed by atoms with Crippen molar-refractivity contribution in [2.24, 2.45) is 0 Å². The maximum atomic E-state index is 7.41. The number of para-hydroxylation sites is 1. The normalized spacial score (nSPS) is 18.6. The Hall–Kier alpha value is -5.48. The van der Waals surface area contributed by atoms with Gasteiger partial charge in [-0.05, 0) is 163 Å². The van der Waals surface area contributed by atoms with Crippen LogP contribution in [0.5, 0.6) is 0 Å². The van der Waals surface area contributed by atoms with Crippen molar-refractivity contribution in [1.82, 2.24) is 0 Å². The molecule has 4 heteroatoms. The van der Waals surface area contributed by atoms with E-state index in [0.29, 0.717) is 0 Å². The molecule has 0 bridgehead atoms. The van der Waals surface area contributed by atoms with Crippen LogP contribution in [-0.4, -0.2) is 6.71 Å². The van der Waals surface area contributed by atoms with Crippen LogP contribution in [0.2, 0.25) is 0 Å². The highest BCUT2D eigenvalue weighted by Crippen LogP contribution is 2.54. The Balaban J connectivity index is 1.30. The third kappa shape index (κ3) is 6.43. The maximum Gasteiger partial charge on any atom is 0.297 e. The zero-order chi connectivity index (χ0) is 46.7. The van der Waals surface area contributed by atoms with Crippen LogP contribution in [0.3, 0.4) is 0 Å². The minimum Gasteiger partial charge on any atom is -0.468 e. The molecule has 0 atom stereocenters. The van der Waals surface area contributed by atoms with Crippen molar-refractivity contribution in [3.63, 3.8) is 0 Å². The Kier molecular flexibility index (Phi) is 9.17. The summed E-state index contributed by atoms with van der Waals surface area (Å²) in [7, 11) is 0. The van der Waals surface area contributed by atoms with E-state index in [1.807, 2.05) is 0 Å². The van der Waals surface area contributed by atoms with E-state index < -0.39 is 0 Å². The molecule has 0 spiro atoms. The highest BCUT2D eigenvalue weighted by atomic mass is 16.3. The van der Waals surface area contributed by atoms with Crippen LogP contribution in [0.1, 0.15) is 156 Å². The Bertz CT molecular complexity index is 3130. The predicted molar refractivity (Wildman–Crippen MR) is 284 cm³/mol. The van der Waals surface area contributed by atoms with Crippen molar-refractivity contribution >= 4 is 68.4 Å². The van der Waals surface area contributed by atoms with Crippen molar-refractivity contribution in [1.29, 1.82) is 0 Å². The number of fused-ring (bicyclic) bond motifs is 8. The van der Waals surface area contributed by atoms with Crippen molar-refractivity contribution in [3.05, 3.63) is 149 Å². The first-order valence-electron chi connectivity index (χ1n) is 24.8. The zero-order valence-electron chi connectivity index (χ0n) is 42.2. The van der Waals surface area contributed by atoms with Crippen LogP contribution >= 0.6 is 0 Å². The van der Waals surface area contributed by atoms with E-state index in [1.54, 1.807) is 0 Å². The van der Waals surface area contributed by atoms with Gasteiger partial charge >= 0.3 is 0 Å². The Morgan fingerprint density at radius 1 is 0.485 bits per heavy atom. The van der Waals surface area contributed by atoms with Gasteiger partial charge in [-0.1, -0.05) is 158 Å². The summed E-state index contributed by atoms with van der Waals surface area (Å²) >= 11 is 0. The van der Waals surface area contributed by atoms with Crippen molar-refractivity contribution in [2.75, 3.05) is 9.80 Å². The molecule has 2 aliphatic carbocycles. The van der Waals surface area contributed by atoms with Crippen LogP contribution in [0.4, 0.5) is 34.1 Å². The fourth-order valence-electron chi connectivity index (χ4n) is 12.2. The van der Waals surface area contributed by atoms with Crippen molar-refractivity contribution < 1.29 is 4.42 Å². The van der Waals surface area contributed by atoms with Gasteiger partial charge in [-0.15, -0.1) is 0 Å². The average Bonchev–Trinajstić information content (AvgIpc) is 3.65. The first kappa shape index (κ1) is 43.1. The van der Waals surface area contributed by atoms with Crippen LogP contribution in [-0.2, 0) is 32.5 Å². The van der Waals surface area contributed by atoms with Gasteiger partial charge in [0.1, 0.15) is 5.58 Å². The molecule has 336 valence electrons. The summed E-state index contributed by atoms with van der Waals surface area (Å²) in [5.41, 5.74) is 23.0. The van der Waals surface area contributed by atoms with Gasteiger partial charge in [0, 0.05) is 33.7 Å². The van der Waals surface area contributed by atoms with E-state index in [2.05, 4.69) is 222 Å². The Morgan fingerprint density at radius 2 is 1.05 bits per heavy atom. The zero-order valence-corrected chi connectivity index (χ0v) is 42.2. The number of hydrogen-bond donors (Lipinski definition) is 0. The lowest BCUT2D eigenvalue weighted by Gasteiger charge is -2.47. The summed E-state index contributed by atoms with van der Waals surface area (Å²) in [6.45, 7) is 33.7. The third-order valence-corrected chi connectivity index (χ3v) is 16.7. The van der Waals surface area contributed by atoms with E-state index in [1.165, 1.54) is 91.0 Å². The molecule has 0 N–H and O–H groups in total. The SMILES string of the molecule is CC(C)(C)c1ccc(N2c3cc(C(C)(C)C)cc4c3B(c3cc5c(cc3N4c3ccc4c(c3)C(C)(C)CCC4(C)C)C(C)(C)CCC5(C)C)c3oc4ccccc4c32)c(-c2ccccc2)c1. The summed E-state index contributed by atoms with van der Waals surface area (Å²) in [4.78, 5) is 5.29. The molecule has 0 saturated heterocycles. The lowest BCUT2D eigenvalue weighted by Crippen LogP contribution is -2.61. The molecule has 0 unspecified atom stereocenters. The van der Waals surface area contributed by atoms with E-state index in [4.69, 9.17) is 4.42 Å². The van der Waals surface area contributed by atoms with Crippen LogP contribution in [0.15, 0.2) is 120 Å². The monoisotopic (exact) mass is 869 g/mol. The molecule has 1 aromatic heterocycles. The number of nitrogens with zero attached hydrogens (tertiary/aromatic N) is 2. The molecule has 0 fully saturated rings. The second-order valence-electron chi connectivity index (χ2n) is 25.2. The largest absolute Gasteiger partial charge is 0.468 e. The Labute approximate surface area is 395 Å². The molecule has 3 nitrogen and oxygen atoms in total. The molecule has 11 rings (SSSR count). The fraction of sp³-hybridized carbons (Fsp3) is 0.387. The number of hydrogen-bond acceptors (Lipinski definition) is 3. The molecular weight excluding hydrogens is 800 g/mol. The van der Waals surface area contributed by atoms with Crippen LogP contribution in [0.25, 0.3) is 22.1 Å². The van der Waals surface area contributed by atoms with Gasteiger partial charge in [-0.2, -0.15) is 0 Å². The predicted octanol–water partition coefficient (Wildman–Crippen LogP) is 15.5. The molecule has 6 aromatic carbocycles. The topological polar surface area (TPSA) is 19.6 Å². The van der Waals surface area contributed by atoms with Gasteiger partial charge in [0.05, 0.1) is 17.0 Å².